The lowest BCUT2D eigenvalue weighted by molar-refractivity contribution is -0.118. The standard InChI is InChI=1S/C17H21N5O/c1-13-5-3-4-6-15(13)19-16-11-14(2)18-17(20-16)22-9-7-21(12-23)8-10-22/h3-6,11-12H,7-10H2,1-2H3,(H,18,19,20). The molecular weight excluding hydrogens is 290 g/mol. The van der Waals surface area contributed by atoms with E-state index < -0.39 is 0 Å². The van der Waals surface area contributed by atoms with Crippen LogP contribution < -0.4 is 10.2 Å². The SMILES string of the molecule is Cc1cc(Nc2ccccc2C)nc(N2CCN(C=O)CC2)n1. The zero-order chi connectivity index (χ0) is 16.2. The first kappa shape index (κ1) is 15.3. The number of rotatable bonds is 4. The lowest BCUT2D eigenvalue weighted by Crippen LogP contribution is -2.46. The average molecular weight is 311 g/mol. The van der Waals surface area contributed by atoms with Crippen molar-refractivity contribution in [3.05, 3.63) is 41.6 Å². The number of nitrogens with zero attached hydrogens (tertiary/aromatic N) is 4. The molecule has 1 saturated heterocycles. The van der Waals surface area contributed by atoms with Gasteiger partial charge in [-0.25, -0.2) is 4.98 Å². The Morgan fingerprint density at radius 3 is 2.52 bits per heavy atom. The third-order valence-corrected chi connectivity index (χ3v) is 4.00. The molecule has 6 heteroatoms. The summed E-state index contributed by atoms with van der Waals surface area (Å²) < 4.78 is 0. The molecule has 1 N–H and O–H groups in total. The summed E-state index contributed by atoms with van der Waals surface area (Å²) in [4.78, 5) is 23.9. The molecule has 120 valence electrons. The molecule has 2 heterocycles. The summed E-state index contributed by atoms with van der Waals surface area (Å²) in [5, 5.41) is 3.37. The molecule has 3 rings (SSSR count). The maximum absolute atomic E-state index is 10.8. The number of nitrogens with one attached hydrogen (secondary N) is 1. The van der Waals surface area contributed by atoms with Gasteiger partial charge in [-0.05, 0) is 25.5 Å². The number of para-hydroxylation sites is 1. The van der Waals surface area contributed by atoms with Crippen molar-refractivity contribution in [2.75, 3.05) is 36.4 Å². The number of hydrogen-bond acceptors (Lipinski definition) is 5. The Kier molecular flexibility index (Phi) is 4.41. The molecule has 0 bridgehead atoms. The quantitative estimate of drug-likeness (QED) is 0.876. The predicted octanol–water partition coefficient (Wildman–Crippen LogP) is 2.12. The van der Waals surface area contributed by atoms with E-state index in [0.29, 0.717) is 19.0 Å². The number of aryl methyl sites for hydroxylation is 2. The lowest BCUT2D eigenvalue weighted by Gasteiger charge is -2.32. The first-order valence-corrected chi connectivity index (χ1v) is 7.78. The Morgan fingerprint density at radius 1 is 1.09 bits per heavy atom. The molecular formula is C17H21N5O. The zero-order valence-corrected chi connectivity index (χ0v) is 13.5. The van der Waals surface area contributed by atoms with Crippen LogP contribution in [-0.2, 0) is 4.79 Å². The minimum absolute atomic E-state index is 0.710. The van der Waals surface area contributed by atoms with Gasteiger partial charge in [-0.15, -0.1) is 0 Å². The van der Waals surface area contributed by atoms with Gasteiger partial charge in [0.1, 0.15) is 5.82 Å². The van der Waals surface area contributed by atoms with Gasteiger partial charge in [0, 0.05) is 43.6 Å². The summed E-state index contributed by atoms with van der Waals surface area (Å²) in [7, 11) is 0. The highest BCUT2D eigenvalue weighted by Crippen LogP contribution is 2.21. The monoisotopic (exact) mass is 311 g/mol. The molecule has 0 unspecified atom stereocenters. The molecule has 0 saturated carbocycles. The minimum Gasteiger partial charge on any atom is -0.342 e. The summed E-state index contributed by atoms with van der Waals surface area (Å²) in [6.07, 6.45) is 0.902. The Hall–Kier alpha value is -2.63. The van der Waals surface area contributed by atoms with Crippen LogP contribution in [0.2, 0.25) is 0 Å². The fourth-order valence-corrected chi connectivity index (χ4v) is 2.64. The van der Waals surface area contributed by atoms with Crippen LogP contribution in [0, 0.1) is 13.8 Å². The van der Waals surface area contributed by atoms with Crippen LogP contribution in [0.3, 0.4) is 0 Å². The van der Waals surface area contributed by atoms with Crippen molar-refractivity contribution in [1.29, 1.82) is 0 Å². The van der Waals surface area contributed by atoms with Gasteiger partial charge < -0.3 is 15.1 Å². The number of hydrogen-bond donors (Lipinski definition) is 1. The van der Waals surface area contributed by atoms with Gasteiger partial charge in [0.2, 0.25) is 12.4 Å². The molecule has 0 spiro atoms. The third-order valence-electron chi connectivity index (χ3n) is 4.00. The predicted molar refractivity (Wildman–Crippen MR) is 91.1 cm³/mol. The molecule has 1 fully saturated rings. The van der Waals surface area contributed by atoms with E-state index in [1.165, 1.54) is 5.56 Å². The number of aromatic nitrogens is 2. The Morgan fingerprint density at radius 2 is 1.83 bits per heavy atom. The first-order chi connectivity index (χ1) is 11.2. The second-order valence-electron chi connectivity index (χ2n) is 5.76. The van der Waals surface area contributed by atoms with E-state index in [0.717, 1.165) is 36.7 Å². The zero-order valence-electron chi connectivity index (χ0n) is 13.5. The molecule has 23 heavy (non-hydrogen) atoms. The summed E-state index contributed by atoms with van der Waals surface area (Å²) in [5.74, 6) is 1.51. The minimum atomic E-state index is 0.710. The van der Waals surface area contributed by atoms with E-state index in [1.807, 2.05) is 31.2 Å². The Bertz CT molecular complexity index is 695. The van der Waals surface area contributed by atoms with Crippen LogP contribution in [0.1, 0.15) is 11.3 Å². The van der Waals surface area contributed by atoms with Gasteiger partial charge in [0.05, 0.1) is 0 Å². The van der Waals surface area contributed by atoms with E-state index in [4.69, 9.17) is 0 Å². The maximum Gasteiger partial charge on any atom is 0.227 e. The van der Waals surface area contributed by atoms with E-state index in [1.54, 1.807) is 4.90 Å². The van der Waals surface area contributed by atoms with Crippen LogP contribution in [0.15, 0.2) is 30.3 Å². The fraction of sp³-hybridized carbons (Fsp3) is 0.353. The number of benzene rings is 1. The average Bonchev–Trinajstić information content (AvgIpc) is 2.56. The van der Waals surface area contributed by atoms with Crippen molar-refractivity contribution in [3.8, 4) is 0 Å². The third kappa shape index (κ3) is 3.59. The number of piperazine rings is 1. The second-order valence-corrected chi connectivity index (χ2v) is 5.76. The van der Waals surface area contributed by atoms with Crippen molar-refractivity contribution in [2.45, 2.75) is 13.8 Å². The fourth-order valence-electron chi connectivity index (χ4n) is 2.64. The van der Waals surface area contributed by atoms with Crippen molar-refractivity contribution in [1.82, 2.24) is 14.9 Å². The largest absolute Gasteiger partial charge is 0.342 e. The lowest BCUT2D eigenvalue weighted by atomic mass is 10.2. The second kappa shape index (κ2) is 6.64. The highest BCUT2D eigenvalue weighted by atomic mass is 16.1. The molecule has 2 aromatic rings. The van der Waals surface area contributed by atoms with E-state index >= 15 is 0 Å². The van der Waals surface area contributed by atoms with Gasteiger partial charge in [-0.1, -0.05) is 18.2 Å². The Balaban J connectivity index is 1.80. The van der Waals surface area contributed by atoms with Crippen molar-refractivity contribution in [3.63, 3.8) is 0 Å². The Labute approximate surface area is 136 Å². The first-order valence-electron chi connectivity index (χ1n) is 7.78. The smallest absolute Gasteiger partial charge is 0.227 e. The van der Waals surface area contributed by atoms with E-state index in [2.05, 4.69) is 33.2 Å². The van der Waals surface area contributed by atoms with Crippen LogP contribution >= 0.6 is 0 Å². The molecule has 1 aliphatic rings. The number of amides is 1. The van der Waals surface area contributed by atoms with Crippen molar-refractivity contribution >= 4 is 23.9 Å². The van der Waals surface area contributed by atoms with Crippen molar-refractivity contribution < 1.29 is 4.79 Å². The van der Waals surface area contributed by atoms with Crippen molar-refractivity contribution in [2.24, 2.45) is 0 Å². The summed E-state index contributed by atoms with van der Waals surface area (Å²) in [5.41, 5.74) is 3.14. The molecule has 6 nitrogen and oxygen atoms in total. The highest BCUT2D eigenvalue weighted by molar-refractivity contribution is 5.61. The molecule has 0 radical (unpaired) electrons. The topological polar surface area (TPSA) is 61.4 Å². The molecule has 1 amide bonds. The van der Waals surface area contributed by atoms with Crippen LogP contribution in [0.25, 0.3) is 0 Å². The van der Waals surface area contributed by atoms with Gasteiger partial charge in [0.25, 0.3) is 0 Å². The van der Waals surface area contributed by atoms with Crippen LogP contribution in [-0.4, -0.2) is 47.5 Å². The number of carbonyl (C=O) groups is 1. The summed E-state index contributed by atoms with van der Waals surface area (Å²) in [6, 6.07) is 10.1. The molecule has 0 aliphatic carbocycles. The number of anilines is 3. The van der Waals surface area contributed by atoms with Crippen LogP contribution in [0.4, 0.5) is 17.5 Å². The van der Waals surface area contributed by atoms with Gasteiger partial charge in [-0.3, -0.25) is 4.79 Å². The molecule has 0 atom stereocenters. The highest BCUT2D eigenvalue weighted by Gasteiger charge is 2.18. The van der Waals surface area contributed by atoms with Crippen LogP contribution in [0.5, 0.6) is 0 Å². The van der Waals surface area contributed by atoms with Gasteiger partial charge in [0.15, 0.2) is 0 Å². The summed E-state index contributed by atoms with van der Waals surface area (Å²) >= 11 is 0. The summed E-state index contributed by atoms with van der Waals surface area (Å²) in [6.45, 7) is 6.96. The molecule has 1 aliphatic heterocycles. The number of carbonyl (C=O) groups excluding carboxylic acids is 1. The van der Waals surface area contributed by atoms with Gasteiger partial charge in [-0.2, -0.15) is 4.98 Å². The van der Waals surface area contributed by atoms with E-state index in [9.17, 15) is 4.79 Å². The molecule has 1 aromatic heterocycles. The van der Waals surface area contributed by atoms with Gasteiger partial charge >= 0.3 is 0 Å². The van der Waals surface area contributed by atoms with E-state index in [-0.39, 0.29) is 0 Å². The molecule has 1 aromatic carbocycles. The normalized spacial score (nSPS) is 14.7. The maximum atomic E-state index is 10.8.